The van der Waals surface area contributed by atoms with Gasteiger partial charge in [-0.1, -0.05) is 0 Å². The van der Waals surface area contributed by atoms with Crippen molar-refractivity contribution >= 4 is 5.69 Å². The first-order valence-electron chi connectivity index (χ1n) is 9.90. The molecule has 2 atom stereocenters. The fourth-order valence-corrected chi connectivity index (χ4v) is 3.95. The Morgan fingerprint density at radius 1 is 1.23 bits per heavy atom. The highest BCUT2D eigenvalue weighted by molar-refractivity contribution is 5.72. The number of hydrogen-bond donors (Lipinski definition) is 4. The first kappa shape index (κ1) is 21.2. The van der Waals surface area contributed by atoms with Crippen molar-refractivity contribution in [3.05, 3.63) is 65.0 Å². The standard InChI is InChI=1S/C22H24F2N4O3/c1-12-18(10-25-27-12)17-7-13-3-4-28(21(13)9-19(17)24)22(30)26-20(11-29)14-5-15(23)8-16(6-14)31-2/h5-10,20,22,26,29-30H,3-4,11H2,1-2H3,(H,25,27)/t20-,22?/m1/s1. The summed E-state index contributed by atoms with van der Waals surface area (Å²) >= 11 is 0. The molecule has 0 aliphatic carbocycles. The fourth-order valence-electron chi connectivity index (χ4n) is 3.95. The van der Waals surface area contributed by atoms with Crippen LogP contribution in [-0.4, -0.2) is 47.0 Å². The zero-order valence-electron chi connectivity index (χ0n) is 17.2. The Labute approximate surface area is 178 Å². The van der Waals surface area contributed by atoms with Gasteiger partial charge in [0.1, 0.15) is 17.4 Å². The number of aromatic amines is 1. The molecule has 1 aliphatic heterocycles. The van der Waals surface area contributed by atoms with E-state index in [2.05, 4.69) is 15.5 Å². The van der Waals surface area contributed by atoms with Gasteiger partial charge in [-0.05, 0) is 48.7 Å². The average Bonchev–Trinajstić information content (AvgIpc) is 3.36. The van der Waals surface area contributed by atoms with Gasteiger partial charge in [0, 0.05) is 35.1 Å². The Balaban J connectivity index is 1.57. The third-order valence-electron chi connectivity index (χ3n) is 5.58. The zero-order chi connectivity index (χ0) is 22.1. The molecule has 0 amide bonds. The molecular formula is C22H24F2N4O3. The van der Waals surface area contributed by atoms with Gasteiger partial charge in [0.05, 0.1) is 26.0 Å². The van der Waals surface area contributed by atoms with Gasteiger partial charge >= 0.3 is 0 Å². The number of aromatic nitrogens is 2. The zero-order valence-corrected chi connectivity index (χ0v) is 17.2. The normalized spacial score (nSPS) is 15.1. The molecule has 0 fully saturated rings. The van der Waals surface area contributed by atoms with Gasteiger partial charge in [0.2, 0.25) is 0 Å². The Morgan fingerprint density at radius 3 is 2.71 bits per heavy atom. The molecule has 2 aromatic carbocycles. The second-order valence-electron chi connectivity index (χ2n) is 7.51. The third kappa shape index (κ3) is 4.12. The molecule has 1 aliphatic rings. The minimum absolute atomic E-state index is 0.306. The van der Waals surface area contributed by atoms with E-state index in [1.54, 1.807) is 23.2 Å². The van der Waals surface area contributed by atoms with Gasteiger partial charge in [0.25, 0.3) is 0 Å². The number of halogens is 2. The molecule has 4 N–H and O–H groups in total. The van der Waals surface area contributed by atoms with E-state index in [4.69, 9.17) is 4.74 Å². The number of methoxy groups -OCH3 is 1. The molecule has 164 valence electrons. The van der Waals surface area contributed by atoms with Crippen LogP contribution in [-0.2, 0) is 6.42 Å². The molecule has 0 saturated carbocycles. The molecule has 9 heteroatoms. The lowest BCUT2D eigenvalue weighted by molar-refractivity contribution is 0.101. The van der Waals surface area contributed by atoms with Gasteiger partial charge in [0.15, 0.2) is 6.35 Å². The lowest BCUT2D eigenvalue weighted by atomic mass is 10.0. The summed E-state index contributed by atoms with van der Waals surface area (Å²) in [6.07, 6.45) is 0.992. The summed E-state index contributed by atoms with van der Waals surface area (Å²) in [6.45, 7) is 1.91. The first-order valence-corrected chi connectivity index (χ1v) is 9.90. The number of aliphatic hydroxyl groups excluding tert-OH is 2. The second-order valence-corrected chi connectivity index (χ2v) is 7.51. The van der Waals surface area contributed by atoms with Gasteiger partial charge in [-0.15, -0.1) is 0 Å². The number of benzene rings is 2. The molecule has 1 unspecified atom stereocenters. The molecule has 0 spiro atoms. The number of hydrogen-bond acceptors (Lipinski definition) is 6. The molecule has 4 rings (SSSR count). The van der Waals surface area contributed by atoms with Gasteiger partial charge in [-0.2, -0.15) is 5.10 Å². The second kappa shape index (κ2) is 8.62. The number of aliphatic hydroxyl groups is 2. The van der Waals surface area contributed by atoms with Crippen LogP contribution in [0.2, 0.25) is 0 Å². The molecule has 31 heavy (non-hydrogen) atoms. The first-order chi connectivity index (χ1) is 14.9. The van der Waals surface area contributed by atoms with E-state index in [0.29, 0.717) is 41.1 Å². The molecule has 7 nitrogen and oxygen atoms in total. The molecule has 1 aromatic heterocycles. The number of H-pyrrole nitrogens is 1. The van der Waals surface area contributed by atoms with E-state index in [1.807, 2.05) is 6.92 Å². The number of aryl methyl sites for hydroxylation is 1. The van der Waals surface area contributed by atoms with Crippen LogP contribution in [0.1, 0.15) is 22.9 Å². The van der Waals surface area contributed by atoms with Crippen LogP contribution in [0.15, 0.2) is 36.5 Å². The van der Waals surface area contributed by atoms with E-state index >= 15 is 0 Å². The number of nitrogens with one attached hydrogen (secondary N) is 2. The third-order valence-corrected chi connectivity index (χ3v) is 5.58. The summed E-state index contributed by atoms with van der Waals surface area (Å²) in [6, 6.07) is 6.50. The van der Waals surface area contributed by atoms with Crippen LogP contribution in [0.3, 0.4) is 0 Å². The summed E-state index contributed by atoms with van der Waals surface area (Å²) < 4.78 is 33.8. The Kier molecular flexibility index (Phi) is 5.90. The van der Waals surface area contributed by atoms with Gasteiger partial charge in [-0.25, -0.2) is 8.78 Å². The van der Waals surface area contributed by atoms with Crippen molar-refractivity contribution in [2.75, 3.05) is 25.2 Å². The molecular weight excluding hydrogens is 406 g/mol. The van der Waals surface area contributed by atoms with E-state index < -0.39 is 24.0 Å². The summed E-state index contributed by atoms with van der Waals surface area (Å²) in [5, 5.41) is 30.2. The lowest BCUT2D eigenvalue weighted by Crippen LogP contribution is -2.47. The Bertz CT molecular complexity index is 1090. The molecule has 0 radical (unpaired) electrons. The van der Waals surface area contributed by atoms with Crippen LogP contribution in [0, 0.1) is 18.6 Å². The number of nitrogens with zero attached hydrogens (tertiary/aromatic N) is 2. The maximum absolute atomic E-state index is 14.9. The predicted molar refractivity (Wildman–Crippen MR) is 112 cm³/mol. The highest BCUT2D eigenvalue weighted by Crippen LogP contribution is 2.36. The van der Waals surface area contributed by atoms with E-state index in [9.17, 15) is 19.0 Å². The molecule has 0 bridgehead atoms. The highest BCUT2D eigenvalue weighted by atomic mass is 19.1. The quantitative estimate of drug-likeness (QED) is 0.431. The van der Waals surface area contributed by atoms with Crippen molar-refractivity contribution < 1.29 is 23.7 Å². The van der Waals surface area contributed by atoms with Crippen molar-refractivity contribution in [1.82, 2.24) is 15.5 Å². The monoisotopic (exact) mass is 430 g/mol. The van der Waals surface area contributed by atoms with Crippen molar-refractivity contribution in [1.29, 1.82) is 0 Å². The van der Waals surface area contributed by atoms with Crippen LogP contribution in [0.25, 0.3) is 11.1 Å². The Morgan fingerprint density at radius 2 is 2.03 bits per heavy atom. The number of fused-ring (bicyclic) bond motifs is 1. The molecule has 2 heterocycles. The van der Waals surface area contributed by atoms with Crippen molar-refractivity contribution in [3.8, 4) is 16.9 Å². The average molecular weight is 430 g/mol. The highest BCUT2D eigenvalue weighted by Gasteiger charge is 2.29. The number of anilines is 1. The van der Waals surface area contributed by atoms with E-state index in [0.717, 1.165) is 11.3 Å². The Hall–Kier alpha value is -3.01. The lowest BCUT2D eigenvalue weighted by Gasteiger charge is -2.30. The summed E-state index contributed by atoms with van der Waals surface area (Å²) in [7, 11) is 1.42. The summed E-state index contributed by atoms with van der Waals surface area (Å²) in [4.78, 5) is 1.61. The maximum atomic E-state index is 14.9. The predicted octanol–water partition coefficient (Wildman–Crippen LogP) is 2.63. The van der Waals surface area contributed by atoms with Crippen LogP contribution in [0.4, 0.5) is 14.5 Å². The van der Waals surface area contributed by atoms with Crippen LogP contribution in [0.5, 0.6) is 5.75 Å². The van der Waals surface area contributed by atoms with Crippen molar-refractivity contribution in [2.45, 2.75) is 25.7 Å². The van der Waals surface area contributed by atoms with Crippen molar-refractivity contribution in [2.24, 2.45) is 0 Å². The van der Waals surface area contributed by atoms with Crippen LogP contribution >= 0.6 is 0 Å². The van der Waals surface area contributed by atoms with E-state index in [1.165, 1.54) is 25.3 Å². The molecule has 3 aromatic rings. The van der Waals surface area contributed by atoms with Gasteiger partial charge < -0.3 is 19.8 Å². The molecule has 0 saturated heterocycles. The minimum atomic E-state index is -1.21. The fraction of sp³-hybridized carbons (Fsp3) is 0.318. The largest absolute Gasteiger partial charge is 0.497 e. The summed E-state index contributed by atoms with van der Waals surface area (Å²) in [5.74, 6) is -0.629. The SMILES string of the molecule is COc1cc(F)cc([C@@H](CO)NC(O)N2CCc3cc(-c4cn[nH]c4C)c(F)cc32)c1. The number of ether oxygens (including phenoxy) is 1. The maximum Gasteiger partial charge on any atom is 0.184 e. The smallest absolute Gasteiger partial charge is 0.184 e. The van der Waals surface area contributed by atoms with Crippen LogP contribution < -0.4 is 15.0 Å². The summed E-state index contributed by atoms with van der Waals surface area (Å²) in [5.41, 5.74) is 3.80. The minimum Gasteiger partial charge on any atom is -0.497 e. The number of rotatable bonds is 7. The topological polar surface area (TPSA) is 93.6 Å². The van der Waals surface area contributed by atoms with E-state index in [-0.39, 0.29) is 6.61 Å². The van der Waals surface area contributed by atoms with Gasteiger partial charge in [-0.3, -0.25) is 10.4 Å². The van der Waals surface area contributed by atoms with Crippen molar-refractivity contribution in [3.63, 3.8) is 0 Å².